The van der Waals surface area contributed by atoms with Crippen LogP contribution in [0, 0.1) is 10.1 Å². The Bertz CT molecular complexity index is 1130. The van der Waals surface area contributed by atoms with Crippen molar-refractivity contribution in [3.8, 4) is 11.5 Å². The van der Waals surface area contributed by atoms with Crippen molar-refractivity contribution in [2.45, 2.75) is 6.92 Å². The SMILES string of the molecule is CCOc1cc(/C=C2\SC(=O)N(CC(=O)Nc3ccc(Br)cc3)C2=O)cc([N+](=O)[O-])c1O. The Kier molecular flexibility index (Phi) is 7.15. The number of imide groups is 1. The largest absolute Gasteiger partial charge is 0.500 e. The second-order valence-electron chi connectivity index (χ2n) is 6.40. The third kappa shape index (κ3) is 5.26. The fourth-order valence-corrected chi connectivity index (χ4v) is 3.87. The highest BCUT2D eigenvalue weighted by molar-refractivity contribution is 9.10. The van der Waals surface area contributed by atoms with Crippen LogP contribution in [-0.2, 0) is 9.59 Å². The minimum atomic E-state index is -0.784. The van der Waals surface area contributed by atoms with Gasteiger partial charge in [-0.1, -0.05) is 15.9 Å². The van der Waals surface area contributed by atoms with Crippen LogP contribution in [0.15, 0.2) is 45.8 Å². The number of hydrogen-bond donors (Lipinski definition) is 2. The van der Waals surface area contributed by atoms with Crippen molar-refractivity contribution < 1.29 is 29.2 Å². The number of ether oxygens (including phenoxy) is 1. The van der Waals surface area contributed by atoms with E-state index in [2.05, 4.69) is 21.2 Å². The van der Waals surface area contributed by atoms with Crippen LogP contribution in [-0.4, -0.2) is 45.1 Å². The fourth-order valence-electron chi connectivity index (χ4n) is 2.77. The average Bonchev–Trinajstić information content (AvgIpc) is 2.99. The number of phenolic OH excluding ortho intramolecular Hbond substituents is 1. The van der Waals surface area contributed by atoms with E-state index in [4.69, 9.17) is 4.74 Å². The molecule has 0 spiro atoms. The highest BCUT2D eigenvalue weighted by Crippen LogP contribution is 2.39. The number of carbonyl (C=O) groups excluding carboxylic acids is 3. The summed E-state index contributed by atoms with van der Waals surface area (Å²) in [6.45, 7) is 1.30. The lowest BCUT2D eigenvalue weighted by Crippen LogP contribution is -2.36. The van der Waals surface area contributed by atoms with Crippen LogP contribution in [0.4, 0.5) is 16.2 Å². The standard InChI is InChI=1S/C20H16BrN3O7S/c1-2-31-15-8-11(7-14(18(15)26)24(29)30)9-16-19(27)23(20(28)32-16)10-17(25)22-13-5-3-12(21)4-6-13/h3-9,26H,2,10H2,1H3,(H,22,25)/b16-9-. The quantitative estimate of drug-likeness (QED) is 0.314. The van der Waals surface area contributed by atoms with E-state index in [1.165, 1.54) is 12.1 Å². The first-order chi connectivity index (χ1) is 15.2. The van der Waals surface area contributed by atoms with Crippen molar-refractivity contribution in [3.05, 3.63) is 61.5 Å². The van der Waals surface area contributed by atoms with Crippen LogP contribution in [0.1, 0.15) is 12.5 Å². The molecule has 2 N–H and O–H groups in total. The van der Waals surface area contributed by atoms with E-state index in [0.29, 0.717) is 17.4 Å². The summed E-state index contributed by atoms with van der Waals surface area (Å²) in [6.07, 6.45) is 1.27. The lowest BCUT2D eigenvalue weighted by Gasteiger charge is -2.12. The second kappa shape index (κ2) is 9.83. The van der Waals surface area contributed by atoms with E-state index in [-0.39, 0.29) is 22.8 Å². The third-order valence-electron chi connectivity index (χ3n) is 4.17. The van der Waals surface area contributed by atoms with Crippen LogP contribution in [0.5, 0.6) is 11.5 Å². The van der Waals surface area contributed by atoms with E-state index < -0.39 is 40.0 Å². The molecule has 12 heteroatoms. The van der Waals surface area contributed by atoms with Crippen LogP contribution in [0.25, 0.3) is 6.08 Å². The highest BCUT2D eigenvalue weighted by Gasteiger charge is 2.36. The van der Waals surface area contributed by atoms with Crippen LogP contribution in [0.3, 0.4) is 0 Å². The number of amides is 3. The number of nitro benzene ring substituents is 1. The smallest absolute Gasteiger partial charge is 0.315 e. The Morgan fingerprint density at radius 2 is 2.00 bits per heavy atom. The number of benzene rings is 2. The Morgan fingerprint density at radius 3 is 2.62 bits per heavy atom. The maximum absolute atomic E-state index is 12.7. The first kappa shape index (κ1) is 23.3. The van der Waals surface area contributed by atoms with Crippen molar-refractivity contribution in [2.75, 3.05) is 18.5 Å². The van der Waals surface area contributed by atoms with Crippen LogP contribution in [0.2, 0.25) is 0 Å². The maximum Gasteiger partial charge on any atom is 0.315 e. The molecule has 0 aromatic heterocycles. The normalized spacial score (nSPS) is 14.7. The third-order valence-corrected chi connectivity index (χ3v) is 5.61. The molecule has 1 aliphatic rings. The fraction of sp³-hybridized carbons (Fsp3) is 0.150. The molecule has 0 radical (unpaired) electrons. The predicted molar refractivity (Wildman–Crippen MR) is 121 cm³/mol. The number of nitrogens with zero attached hydrogens (tertiary/aromatic N) is 2. The molecule has 2 aromatic carbocycles. The molecule has 166 valence electrons. The average molecular weight is 522 g/mol. The van der Waals surface area contributed by atoms with Gasteiger partial charge in [-0.15, -0.1) is 0 Å². The van der Waals surface area contributed by atoms with E-state index in [1.54, 1.807) is 31.2 Å². The van der Waals surface area contributed by atoms with Gasteiger partial charge >= 0.3 is 5.69 Å². The molecule has 0 unspecified atom stereocenters. The Balaban J connectivity index is 1.79. The van der Waals surface area contributed by atoms with Gasteiger partial charge in [-0.3, -0.25) is 29.4 Å². The van der Waals surface area contributed by atoms with Gasteiger partial charge < -0.3 is 15.2 Å². The topological polar surface area (TPSA) is 139 Å². The monoisotopic (exact) mass is 521 g/mol. The molecule has 10 nitrogen and oxygen atoms in total. The van der Waals surface area contributed by atoms with E-state index >= 15 is 0 Å². The van der Waals surface area contributed by atoms with Gasteiger partial charge in [-0.25, -0.2) is 0 Å². The van der Waals surface area contributed by atoms with Gasteiger partial charge in [0.15, 0.2) is 5.75 Å². The van der Waals surface area contributed by atoms with Gasteiger partial charge in [-0.2, -0.15) is 0 Å². The van der Waals surface area contributed by atoms with E-state index in [9.17, 15) is 29.6 Å². The van der Waals surface area contributed by atoms with Gasteiger partial charge in [-0.05, 0) is 60.7 Å². The van der Waals surface area contributed by atoms with Gasteiger partial charge in [0.05, 0.1) is 16.4 Å². The molecule has 1 fully saturated rings. The van der Waals surface area contributed by atoms with E-state index in [1.807, 2.05) is 0 Å². The summed E-state index contributed by atoms with van der Waals surface area (Å²) >= 11 is 3.89. The number of phenols is 1. The summed E-state index contributed by atoms with van der Waals surface area (Å²) in [6, 6.07) is 9.15. The molecule has 0 bridgehead atoms. The zero-order chi connectivity index (χ0) is 23.4. The van der Waals surface area contributed by atoms with Crippen molar-refractivity contribution in [1.82, 2.24) is 4.90 Å². The summed E-state index contributed by atoms with van der Waals surface area (Å²) in [5, 5.41) is 23.1. The zero-order valence-corrected chi connectivity index (χ0v) is 18.9. The first-order valence-electron chi connectivity index (χ1n) is 9.14. The second-order valence-corrected chi connectivity index (χ2v) is 8.31. The Hall–Kier alpha value is -3.38. The highest BCUT2D eigenvalue weighted by atomic mass is 79.9. The van der Waals surface area contributed by atoms with Crippen molar-refractivity contribution in [2.24, 2.45) is 0 Å². The lowest BCUT2D eigenvalue weighted by molar-refractivity contribution is -0.386. The molecule has 1 heterocycles. The summed E-state index contributed by atoms with van der Waals surface area (Å²) in [5.74, 6) is -2.03. The number of rotatable bonds is 7. The molecule has 0 aliphatic carbocycles. The van der Waals surface area contributed by atoms with Crippen molar-refractivity contribution in [3.63, 3.8) is 0 Å². The minimum absolute atomic E-state index is 0.0196. The molecule has 3 rings (SSSR count). The van der Waals surface area contributed by atoms with Crippen molar-refractivity contribution >= 4 is 62.2 Å². The number of anilines is 1. The van der Waals surface area contributed by atoms with E-state index in [0.717, 1.165) is 15.4 Å². The molecule has 32 heavy (non-hydrogen) atoms. The number of hydrogen-bond acceptors (Lipinski definition) is 8. The molecule has 1 aliphatic heterocycles. The number of halogens is 1. The predicted octanol–water partition coefficient (Wildman–Crippen LogP) is 4.14. The lowest BCUT2D eigenvalue weighted by atomic mass is 10.1. The molecule has 1 saturated heterocycles. The number of nitrogens with one attached hydrogen (secondary N) is 1. The van der Waals surface area contributed by atoms with Gasteiger partial charge in [0, 0.05) is 16.2 Å². The number of thioether (sulfide) groups is 1. The number of nitro groups is 1. The summed E-state index contributed by atoms with van der Waals surface area (Å²) < 4.78 is 6.04. The molecular formula is C20H16BrN3O7S. The van der Waals surface area contributed by atoms with Gasteiger partial charge in [0.25, 0.3) is 11.1 Å². The summed E-state index contributed by atoms with van der Waals surface area (Å²) in [5.41, 5.74) is 0.0821. The number of carbonyl (C=O) groups is 3. The van der Waals surface area contributed by atoms with Gasteiger partial charge in [0.1, 0.15) is 6.54 Å². The molecule has 3 amide bonds. The Labute approximate surface area is 194 Å². The summed E-state index contributed by atoms with van der Waals surface area (Å²) in [7, 11) is 0. The first-order valence-corrected chi connectivity index (χ1v) is 10.8. The van der Waals surface area contributed by atoms with Crippen LogP contribution < -0.4 is 10.1 Å². The molecule has 0 saturated carbocycles. The zero-order valence-electron chi connectivity index (χ0n) is 16.5. The number of aromatic hydroxyl groups is 1. The van der Waals surface area contributed by atoms with Crippen molar-refractivity contribution in [1.29, 1.82) is 0 Å². The maximum atomic E-state index is 12.7. The van der Waals surface area contributed by atoms with Gasteiger partial charge in [0.2, 0.25) is 11.7 Å². The van der Waals surface area contributed by atoms with Crippen LogP contribution >= 0.6 is 27.7 Å². The summed E-state index contributed by atoms with van der Waals surface area (Å²) in [4.78, 5) is 48.4. The molecule has 0 atom stereocenters. The minimum Gasteiger partial charge on any atom is -0.500 e. The Morgan fingerprint density at radius 1 is 1.31 bits per heavy atom. The molecular weight excluding hydrogens is 506 g/mol. The molecule has 2 aromatic rings.